The van der Waals surface area contributed by atoms with E-state index in [0.29, 0.717) is 31.2 Å². The largest absolute Gasteiger partial charge is 0.347 e. The van der Waals surface area contributed by atoms with Gasteiger partial charge in [-0.3, -0.25) is 9.59 Å². The molecule has 0 saturated carbocycles. The average molecular weight is 399 g/mol. The molecule has 1 aromatic carbocycles. The number of nitrogens with one attached hydrogen (secondary N) is 1. The number of aromatic nitrogens is 2. The predicted octanol–water partition coefficient (Wildman–Crippen LogP) is 1.68. The van der Waals surface area contributed by atoms with Gasteiger partial charge in [-0.05, 0) is 44.0 Å². The Balaban J connectivity index is 1.53. The molecule has 0 radical (unpaired) electrons. The van der Waals surface area contributed by atoms with Crippen molar-refractivity contribution in [2.45, 2.75) is 32.4 Å². The number of rotatable bonds is 4. The molecule has 1 aromatic heterocycles. The van der Waals surface area contributed by atoms with E-state index in [4.69, 9.17) is 0 Å². The van der Waals surface area contributed by atoms with Crippen molar-refractivity contribution in [2.24, 2.45) is 0 Å². The Kier molecular flexibility index (Phi) is 5.62. The van der Waals surface area contributed by atoms with Crippen molar-refractivity contribution < 1.29 is 14.0 Å². The summed E-state index contributed by atoms with van der Waals surface area (Å²) in [6, 6.07) is 6.01. The number of carbonyl (C=O) groups is 2. The lowest BCUT2D eigenvalue weighted by atomic mass is 10.1. The summed E-state index contributed by atoms with van der Waals surface area (Å²) in [7, 11) is 2.04. The first kappa shape index (κ1) is 19.6. The molecule has 29 heavy (non-hydrogen) atoms. The van der Waals surface area contributed by atoms with Gasteiger partial charge < -0.3 is 19.7 Å². The fraction of sp³-hybridized carbons (Fsp3) is 0.476. The molecule has 2 aliphatic heterocycles. The molecule has 0 spiro atoms. The van der Waals surface area contributed by atoms with Gasteiger partial charge in [0.2, 0.25) is 0 Å². The van der Waals surface area contributed by atoms with Crippen LogP contribution in [0.15, 0.2) is 24.3 Å². The number of benzene rings is 1. The molecule has 1 N–H and O–H groups in total. The van der Waals surface area contributed by atoms with Gasteiger partial charge in [-0.25, -0.2) is 9.37 Å². The van der Waals surface area contributed by atoms with Gasteiger partial charge in [0.25, 0.3) is 11.8 Å². The molecule has 7 nitrogen and oxygen atoms in total. The molecule has 8 heteroatoms. The SMILES string of the molecule is CN1CCN(C(=O)c2nc(C(=O)NCc3ccc(F)cc3)c3n2CCCC3)CC1. The predicted molar refractivity (Wildman–Crippen MR) is 106 cm³/mol. The number of nitrogens with zero attached hydrogens (tertiary/aromatic N) is 4. The lowest BCUT2D eigenvalue weighted by Gasteiger charge is -2.32. The highest BCUT2D eigenvalue weighted by atomic mass is 19.1. The molecule has 1 fully saturated rings. The van der Waals surface area contributed by atoms with Gasteiger partial charge in [-0.1, -0.05) is 12.1 Å². The first-order valence-electron chi connectivity index (χ1n) is 10.1. The monoisotopic (exact) mass is 399 g/mol. The minimum atomic E-state index is -0.310. The van der Waals surface area contributed by atoms with Crippen LogP contribution in [0.5, 0.6) is 0 Å². The fourth-order valence-corrected chi connectivity index (χ4v) is 3.91. The summed E-state index contributed by atoms with van der Waals surface area (Å²) >= 11 is 0. The molecule has 0 bridgehead atoms. The summed E-state index contributed by atoms with van der Waals surface area (Å²) < 4.78 is 15.0. The van der Waals surface area contributed by atoms with Gasteiger partial charge in [-0.15, -0.1) is 0 Å². The summed E-state index contributed by atoms with van der Waals surface area (Å²) in [5.41, 5.74) is 1.98. The van der Waals surface area contributed by atoms with E-state index in [0.717, 1.165) is 43.6 Å². The van der Waals surface area contributed by atoms with Crippen LogP contribution in [0.4, 0.5) is 4.39 Å². The second kappa shape index (κ2) is 8.32. The van der Waals surface area contributed by atoms with Crippen molar-refractivity contribution in [3.05, 3.63) is 52.9 Å². The molecule has 0 atom stereocenters. The quantitative estimate of drug-likeness (QED) is 0.849. The van der Waals surface area contributed by atoms with E-state index in [1.807, 2.05) is 16.5 Å². The van der Waals surface area contributed by atoms with Crippen LogP contribution in [0.2, 0.25) is 0 Å². The van der Waals surface area contributed by atoms with Gasteiger partial charge in [0, 0.05) is 39.3 Å². The van der Waals surface area contributed by atoms with Gasteiger partial charge in [0.1, 0.15) is 11.5 Å². The summed E-state index contributed by atoms with van der Waals surface area (Å²) in [5, 5.41) is 2.85. The molecular formula is C21H26FN5O2. The van der Waals surface area contributed by atoms with Crippen LogP contribution >= 0.6 is 0 Å². The van der Waals surface area contributed by atoms with Crippen LogP contribution in [-0.4, -0.2) is 64.4 Å². The molecule has 1 saturated heterocycles. The topological polar surface area (TPSA) is 70.5 Å². The standard InChI is InChI=1S/C21H26FN5O2/c1-25-10-12-26(13-11-25)21(29)19-24-18(17-4-2-3-9-27(17)19)20(28)23-14-15-5-7-16(22)8-6-15/h5-8H,2-4,9-14H2,1H3,(H,23,28). The Morgan fingerprint density at radius 1 is 1.07 bits per heavy atom. The maximum Gasteiger partial charge on any atom is 0.289 e. The number of carbonyl (C=O) groups excluding carboxylic acids is 2. The molecule has 0 unspecified atom stereocenters. The molecule has 154 valence electrons. The maximum atomic E-state index is 13.1. The number of hydrogen-bond donors (Lipinski definition) is 1. The highest BCUT2D eigenvalue weighted by molar-refractivity contribution is 5.97. The number of hydrogen-bond acceptors (Lipinski definition) is 4. The number of fused-ring (bicyclic) bond motifs is 1. The minimum Gasteiger partial charge on any atom is -0.347 e. The van der Waals surface area contributed by atoms with Crippen molar-refractivity contribution >= 4 is 11.8 Å². The van der Waals surface area contributed by atoms with Crippen molar-refractivity contribution in [3.8, 4) is 0 Å². The Labute approximate surface area is 169 Å². The van der Waals surface area contributed by atoms with E-state index < -0.39 is 0 Å². The number of piperazine rings is 1. The second-order valence-electron chi connectivity index (χ2n) is 7.74. The smallest absolute Gasteiger partial charge is 0.289 e. The average Bonchev–Trinajstić information content (AvgIpc) is 3.13. The molecule has 4 rings (SSSR count). The molecule has 2 aliphatic rings. The third-order valence-corrected chi connectivity index (χ3v) is 5.68. The van der Waals surface area contributed by atoms with E-state index in [-0.39, 0.29) is 24.2 Å². The van der Waals surface area contributed by atoms with Gasteiger partial charge in [-0.2, -0.15) is 0 Å². The van der Waals surface area contributed by atoms with Crippen LogP contribution in [-0.2, 0) is 19.5 Å². The molecular weight excluding hydrogens is 373 g/mol. The van der Waals surface area contributed by atoms with Gasteiger partial charge in [0.15, 0.2) is 5.82 Å². The third-order valence-electron chi connectivity index (χ3n) is 5.68. The van der Waals surface area contributed by atoms with E-state index in [1.165, 1.54) is 12.1 Å². The zero-order chi connectivity index (χ0) is 20.4. The second-order valence-corrected chi connectivity index (χ2v) is 7.74. The van der Waals surface area contributed by atoms with E-state index in [9.17, 15) is 14.0 Å². The fourth-order valence-electron chi connectivity index (χ4n) is 3.91. The highest BCUT2D eigenvalue weighted by Crippen LogP contribution is 2.22. The number of likely N-dealkylation sites (N-methyl/N-ethyl adjacent to an activating group) is 1. The Bertz CT molecular complexity index is 901. The van der Waals surface area contributed by atoms with Crippen molar-refractivity contribution in [1.29, 1.82) is 0 Å². The lowest BCUT2D eigenvalue weighted by molar-refractivity contribution is 0.0645. The van der Waals surface area contributed by atoms with Crippen LogP contribution in [0, 0.1) is 5.82 Å². The first-order chi connectivity index (χ1) is 14.0. The summed E-state index contributed by atoms with van der Waals surface area (Å²) in [6.07, 6.45) is 2.69. The van der Waals surface area contributed by atoms with E-state index in [1.54, 1.807) is 12.1 Å². The highest BCUT2D eigenvalue weighted by Gasteiger charge is 2.30. The summed E-state index contributed by atoms with van der Waals surface area (Å²) in [6.45, 7) is 4.01. The van der Waals surface area contributed by atoms with Crippen LogP contribution < -0.4 is 5.32 Å². The van der Waals surface area contributed by atoms with Crippen LogP contribution in [0.25, 0.3) is 0 Å². The zero-order valence-corrected chi connectivity index (χ0v) is 16.7. The van der Waals surface area contributed by atoms with Crippen molar-refractivity contribution in [3.63, 3.8) is 0 Å². The molecule has 2 amide bonds. The molecule has 0 aliphatic carbocycles. The zero-order valence-electron chi connectivity index (χ0n) is 16.7. The molecule has 2 aromatic rings. The van der Waals surface area contributed by atoms with Crippen molar-refractivity contribution in [2.75, 3.05) is 33.2 Å². The summed E-state index contributed by atoms with van der Waals surface area (Å²) in [5.74, 6) is -0.331. The normalized spacial score (nSPS) is 17.1. The molecule has 3 heterocycles. The Hall–Kier alpha value is -2.74. The minimum absolute atomic E-state index is 0.0983. The van der Waals surface area contributed by atoms with E-state index >= 15 is 0 Å². The number of imidazole rings is 1. The van der Waals surface area contributed by atoms with Crippen molar-refractivity contribution in [1.82, 2.24) is 24.7 Å². The Morgan fingerprint density at radius 3 is 2.52 bits per heavy atom. The third kappa shape index (κ3) is 4.17. The summed E-state index contributed by atoms with van der Waals surface area (Å²) in [4.78, 5) is 34.4. The number of halogens is 1. The Morgan fingerprint density at radius 2 is 1.79 bits per heavy atom. The lowest BCUT2D eigenvalue weighted by Crippen LogP contribution is -2.47. The van der Waals surface area contributed by atoms with Crippen LogP contribution in [0.3, 0.4) is 0 Å². The maximum absolute atomic E-state index is 13.1. The van der Waals surface area contributed by atoms with E-state index in [2.05, 4.69) is 15.2 Å². The van der Waals surface area contributed by atoms with Gasteiger partial charge >= 0.3 is 0 Å². The van der Waals surface area contributed by atoms with Crippen LogP contribution in [0.1, 0.15) is 45.2 Å². The number of amides is 2. The first-order valence-corrected chi connectivity index (χ1v) is 10.1. The van der Waals surface area contributed by atoms with Gasteiger partial charge in [0.05, 0.1) is 5.69 Å².